The Balaban J connectivity index is 3.72. The lowest BCUT2D eigenvalue weighted by Gasteiger charge is -2.12. The van der Waals surface area contributed by atoms with Crippen LogP contribution < -0.4 is 5.32 Å². The number of hydrogen-bond donors (Lipinski definition) is 3. The van der Waals surface area contributed by atoms with Gasteiger partial charge in [-0.15, -0.1) is 0 Å². The molecule has 0 atom stereocenters. The molecule has 0 heterocycles. The minimum absolute atomic E-state index is 0.459. The van der Waals surface area contributed by atoms with E-state index >= 15 is 0 Å². The van der Waals surface area contributed by atoms with Crippen LogP contribution in [-0.4, -0.2) is 11.7 Å². The second kappa shape index (κ2) is 5.73. The molecule has 13 heavy (non-hydrogen) atoms. The molecular formula is C10H21N3. The minimum Gasteiger partial charge on any atom is -0.333 e. The van der Waals surface area contributed by atoms with Gasteiger partial charge in [0.25, 0.3) is 0 Å². The van der Waals surface area contributed by atoms with E-state index in [0.717, 1.165) is 12.8 Å². The van der Waals surface area contributed by atoms with Gasteiger partial charge in [-0.1, -0.05) is 27.7 Å². The lowest BCUT2D eigenvalue weighted by Crippen LogP contribution is -2.30. The lowest BCUT2D eigenvalue weighted by atomic mass is 10.1. The van der Waals surface area contributed by atoms with Crippen LogP contribution in [0, 0.1) is 22.7 Å². The molecule has 0 saturated heterocycles. The van der Waals surface area contributed by atoms with Gasteiger partial charge >= 0.3 is 0 Å². The van der Waals surface area contributed by atoms with Crippen molar-refractivity contribution in [2.24, 2.45) is 11.8 Å². The summed E-state index contributed by atoms with van der Waals surface area (Å²) in [4.78, 5) is 0. The van der Waals surface area contributed by atoms with Gasteiger partial charge in [-0.25, -0.2) is 0 Å². The van der Waals surface area contributed by atoms with Gasteiger partial charge in [0.15, 0.2) is 0 Å². The van der Waals surface area contributed by atoms with Gasteiger partial charge in [0, 0.05) is 12.8 Å². The fraction of sp³-hybridized carbons (Fsp3) is 0.800. The Labute approximate surface area is 80.9 Å². The molecule has 0 aliphatic heterocycles. The van der Waals surface area contributed by atoms with Crippen molar-refractivity contribution < 1.29 is 0 Å². The highest BCUT2D eigenvalue weighted by molar-refractivity contribution is 5.97. The maximum absolute atomic E-state index is 7.54. The molecule has 0 aliphatic rings. The van der Waals surface area contributed by atoms with Crippen molar-refractivity contribution in [1.29, 1.82) is 10.8 Å². The molecule has 0 saturated carbocycles. The first-order valence-corrected chi connectivity index (χ1v) is 4.83. The number of amidine groups is 2. The Morgan fingerprint density at radius 2 is 1.23 bits per heavy atom. The van der Waals surface area contributed by atoms with Crippen molar-refractivity contribution in [2.75, 3.05) is 0 Å². The molecule has 0 bridgehead atoms. The lowest BCUT2D eigenvalue weighted by molar-refractivity contribution is 0.662. The predicted molar refractivity (Wildman–Crippen MR) is 57.5 cm³/mol. The summed E-state index contributed by atoms with van der Waals surface area (Å²) >= 11 is 0. The van der Waals surface area contributed by atoms with E-state index in [-0.39, 0.29) is 0 Å². The Morgan fingerprint density at radius 3 is 1.46 bits per heavy atom. The van der Waals surface area contributed by atoms with Gasteiger partial charge < -0.3 is 5.32 Å². The highest BCUT2D eigenvalue weighted by Crippen LogP contribution is 2.01. The monoisotopic (exact) mass is 183 g/mol. The molecule has 0 aliphatic carbocycles. The topological polar surface area (TPSA) is 59.7 Å². The summed E-state index contributed by atoms with van der Waals surface area (Å²) in [5, 5.41) is 17.9. The molecule has 0 aromatic heterocycles. The van der Waals surface area contributed by atoms with Crippen LogP contribution in [0.25, 0.3) is 0 Å². The molecule has 0 radical (unpaired) electrons. The Kier molecular flexibility index (Phi) is 5.35. The first-order chi connectivity index (χ1) is 5.91. The fourth-order valence-electron chi connectivity index (χ4n) is 1.10. The van der Waals surface area contributed by atoms with Crippen LogP contribution in [0.2, 0.25) is 0 Å². The van der Waals surface area contributed by atoms with E-state index in [2.05, 4.69) is 33.0 Å². The van der Waals surface area contributed by atoms with E-state index in [1.165, 1.54) is 0 Å². The van der Waals surface area contributed by atoms with Crippen molar-refractivity contribution in [3.63, 3.8) is 0 Å². The van der Waals surface area contributed by atoms with Crippen molar-refractivity contribution in [1.82, 2.24) is 5.32 Å². The normalized spacial score (nSPS) is 10.6. The summed E-state index contributed by atoms with van der Waals surface area (Å²) in [6, 6.07) is 0. The quantitative estimate of drug-likeness (QED) is 0.455. The molecule has 3 nitrogen and oxygen atoms in total. The number of nitrogens with one attached hydrogen (secondary N) is 3. The van der Waals surface area contributed by atoms with Crippen molar-refractivity contribution in [3.05, 3.63) is 0 Å². The SMILES string of the molecule is CC(C)CC(=N)NC(=N)CC(C)C. The van der Waals surface area contributed by atoms with Gasteiger partial charge in [-0.3, -0.25) is 10.8 Å². The largest absolute Gasteiger partial charge is 0.333 e. The van der Waals surface area contributed by atoms with Crippen LogP contribution in [0.1, 0.15) is 40.5 Å². The summed E-state index contributed by atoms with van der Waals surface area (Å²) in [5.74, 6) is 1.88. The van der Waals surface area contributed by atoms with E-state index < -0.39 is 0 Å². The van der Waals surface area contributed by atoms with Crippen LogP contribution in [0.4, 0.5) is 0 Å². The molecular weight excluding hydrogens is 162 g/mol. The van der Waals surface area contributed by atoms with E-state index in [4.69, 9.17) is 10.8 Å². The van der Waals surface area contributed by atoms with Crippen LogP contribution in [0.15, 0.2) is 0 Å². The average Bonchev–Trinajstić information content (AvgIpc) is 1.80. The minimum atomic E-state index is 0.459. The Bertz CT molecular complexity index is 163. The summed E-state index contributed by atoms with van der Waals surface area (Å²) in [6.45, 7) is 8.29. The molecule has 3 heteroatoms. The fourth-order valence-corrected chi connectivity index (χ4v) is 1.10. The standard InChI is InChI=1S/C10H21N3/c1-7(2)5-9(11)13-10(12)6-8(3)4/h7-8H,5-6H2,1-4H3,(H3,11,12,13). The maximum atomic E-state index is 7.54. The molecule has 76 valence electrons. The average molecular weight is 183 g/mol. The molecule has 0 fully saturated rings. The van der Waals surface area contributed by atoms with Gasteiger partial charge in [-0.2, -0.15) is 0 Å². The van der Waals surface area contributed by atoms with Crippen molar-refractivity contribution in [3.8, 4) is 0 Å². The number of hydrogen-bond acceptors (Lipinski definition) is 2. The van der Waals surface area contributed by atoms with Crippen molar-refractivity contribution in [2.45, 2.75) is 40.5 Å². The Morgan fingerprint density at radius 1 is 0.923 bits per heavy atom. The van der Waals surface area contributed by atoms with Crippen LogP contribution >= 0.6 is 0 Å². The molecule has 0 amide bonds. The molecule has 0 aromatic carbocycles. The van der Waals surface area contributed by atoms with Crippen molar-refractivity contribution >= 4 is 11.7 Å². The molecule has 0 rings (SSSR count). The van der Waals surface area contributed by atoms with Crippen LogP contribution in [0.3, 0.4) is 0 Å². The summed E-state index contributed by atoms with van der Waals surface area (Å²) < 4.78 is 0. The molecule has 0 spiro atoms. The summed E-state index contributed by atoms with van der Waals surface area (Å²) in [5.41, 5.74) is 0. The van der Waals surface area contributed by atoms with Gasteiger partial charge in [0.2, 0.25) is 0 Å². The molecule has 3 N–H and O–H groups in total. The second-order valence-electron chi connectivity index (χ2n) is 4.28. The zero-order chi connectivity index (χ0) is 10.4. The third kappa shape index (κ3) is 7.50. The summed E-state index contributed by atoms with van der Waals surface area (Å²) in [7, 11) is 0. The first-order valence-electron chi connectivity index (χ1n) is 4.83. The Hall–Kier alpha value is -0.860. The molecule has 0 aromatic rings. The van der Waals surface area contributed by atoms with Crippen LogP contribution in [-0.2, 0) is 0 Å². The van der Waals surface area contributed by atoms with E-state index in [9.17, 15) is 0 Å². The first kappa shape index (κ1) is 12.1. The highest BCUT2D eigenvalue weighted by atomic mass is 15.0. The smallest absolute Gasteiger partial charge is 0.0987 e. The second-order valence-corrected chi connectivity index (χ2v) is 4.28. The van der Waals surface area contributed by atoms with Gasteiger partial charge in [0.05, 0.1) is 11.7 Å². The van der Waals surface area contributed by atoms with Gasteiger partial charge in [0.1, 0.15) is 0 Å². The third-order valence-electron chi connectivity index (χ3n) is 1.53. The zero-order valence-electron chi connectivity index (χ0n) is 9.07. The maximum Gasteiger partial charge on any atom is 0.0987 e. The third-order valence-corrected chi connectivity index (χ3v) is 1.53. The van der Waals surface area contributed by atoms with Crippen LogP contribution in [0.5, 0.6) is 0 Å². The zero-order valence-corrected chi connectivity index (χ0v) is 9.07. The molecule has 0 unspecified atom stereocenters. The predicted octanol–water partition coefficient (Wildman–Crippen LogP) is 2.62. The van der Waals surface area contributed by atoms with E-state index in [0.29, 0.717) is 23.5 Å². The van der Waals surface area contributed by atoms with Gasteiger partial charge in [-0.05, 0) is 11.8 Å². The number of rotatable bonds is 4. The summed E-state index contributed by atoms with van der Waals surface area (Å²) in [6.07, 6.45) is 1.45. The highest BCUT2D eigenvalue weighted by Gasteiger charge is 2.04. The van der Waals surface area contributed by atoms with E-state index in [1.54, 1.807) is 0 Å². The van der Waals surface area contributed by atoms with E-state index in [1.807, 2.05) is 0 Å².